The van der Waals surface area contributed by atoms with Crippen LogP contribution in [0.5, 0.6) is 0 Å². The Labute approximate surface area is 70.7 Å². The van der Waals surface area contributed by atoms with Crippen LogP contribution >= 0.6 is 12.4 Å². The first-order chi connectivity index (χ1) is 0. The maximum atomic E-state index is 0. The molecule has 8 heavy (non-hydrogen) atoms. The van der Waals surface area contributed by atoms with E-state index in [0.29, 0.717) is 0 Å². The van der Waals surface area contributed by atoms with Crippen molar-refractivity contribution in [3.05, 3.63) is 36.9 Å². The molecule has 0 aliphatic rings. The molecule has 0 saturated heterocycles. The first-order valence-corrected chi connectivity index (χ1v) is 0. The largest absolute Gasteiger partial charge is 0.693 e. The van der Waals surface area contributed by atoms with Crippen molar-refractivity contribution in [2.45, 2.75) is 0 Å². The maximum Gasteiger partial charge on any atom is 0 e. The van der Waals surface area contributed by atoms with Gasteiger partial charge < -0.3 is 36.9 Å². The summed E-state index contributed by atoms with van der Waals surface area (Å²) in [6, 6.07) is 0. The molecular weight excluding hydrogens is 315 g/mol. The molecule has 0 aromatic heterocycles. The minimum absolute atomic E-state index is 0. The Hall–Kier alpha value is 0.738. The van der Waals surface area contributed by atoms with Gasteiger partial charge in [-0.2, -0.15) is 0 Å². The minimum Gasteiger partial charge on any atom is -0.693 e. The second-order valence-electron chi connectivity index (χ2n) is 0. The van der Waals surface area contributed by atoms with Gasteiger partial charge >= 0.3 is 0 Å². The molecule has 0 aliphatic carbocycles. The predicted octanol–water partition coefficient (Wildman–Crippen LogP) is 4.72. The average Bonchev–Trinajstić information content (AvgIpc) is 0. The van der Waals surface area contributed by atoms with Crippen molar-refractivity contribution in [1.29, 1.82) is 0 Å². The van der Waals surface area contributed by atoms with Crippen LogP contribution in [0, 0.1) is 0 Å². The van der Waals surface area contributed by atoms with Crippen molar-refractivity contribution in [2.24, 2.45) is 0 Å². The molecule has 0 bridgehead atoms. The average molecular weight is 328 g/mol. The molecule has 0 heterocycles. The third-order valence-electron chi connectivity index (χ3n) is 0. The summed E-state index contributed by atoms with van der Waals surface area (Å²) in [4.78, 5) is 0. The summed E-state index contributed by atoms with van der Waals surface area (Å²) in [7, 11) is 0. The van der Waals surface area contributed by atoms with Crippen molar-refractivity contribution in [3.63, 3.8) is 0 Å². The predicted molar refractivity (Wildman–Crippen MR) is 39.0 cm³/mol. The van der Waals surface area contributed by atoms with Crippen molar-refractivity contribution >= 4 is 12.4 Å². The molecule has 0 aromatic rings. The topological polar surface area (TPSA) is 201 Å². The van der Waals surface area contributed by atoms with Gasteiger partial charge in [0.05, 0.1) is 0 Å². The molecule has 66 valence electrons. The molecule has 0 radical (unpaired) electrons. The van der Waals surface area contributed by atoms with Gasteiger partial charge in [0.1, 0.15) is 0 Å². The molecule has 0 aromatic carbocycles. The Kier molecular flexibility index (Phi) is 77300. The van der Waals surface area contributed by atoms with Crippen LogP contribution in [0.2, 0.25) is 0 Å². The number of hydrogen-bond donors (Lipinski definition) is 0. The van der Waals surface area contributed by atoms with Crippen molar-refractivity contribution in [2.75, 3.05) is 0 Å². The first kappa shape index (κ1) is 960. The van der Waals surface area contributed by atoms with Crippen LogP contribution in [0.15, 0.2) is 0 Å². The Morgan fingerprint density at radius 2 is 0.375 bits per heavy atom. The van der Waals surface area contributed by atoms with Crippen LogP contribution < -0.4 is 0 Å². The van der Waals surface area contributed by atoms with Crippen LogP contribution in [0.25, 0.3) is 36.9 Å². The van der Waals surface area contributed by atoms with Crippen molar-refractivity contribution in [3.8, 4) is 0 Å². The first-order valence-electron chi connectivity index (χ1n) is 0. The summed E-state index contributed by atoms with van der Waals surface area (Å²) in [5.41, 5.74) is 0. The standard InChI is InChI=1S/ClH.6H2N.Pt/h1H;6*1H2;/q;6*-1;. The van der Waals surface area contributed by atoms with Gasteiger partial charge in [0.2, 0.25) is 0 Å². The van der Waals surface area contributed by atoms with Gasteiger partial charge in [0, 0.05) is 21.1 Å². The fourth-order valence-electron chi connectivity index (χ4n) is 0. The van der Waals surface area contributed by atoms with E-state index in [2.05, 4.69) is 0 Å². The van der Waals surface area contributed by atoms with E-state index in [0.717, 1.165) is 0 Å². The third-order valence-corrected chi connectivity index (χ3v) is 0. The number of hydrogen-bond acceptors (Lipinski definition) is 0. The minimum atomic E-state index is 0. The van der Waals surface area contributed by atoms with Gasteiger partial charge in [-0.05, 0) is 0 Å². The molecule has 0 saturated carbocycles. The van der Waals surface area contributed by atoms with E-state index < -0.39 is 0 Å². The zero-order valence-corrected chi connectivity index (χ0v) is 7.28. The van der Waals surface area contributed by atoms with Crippen molar-refractivity contribution in [1.82, 2.24) is 0 Å². The van der Waals surface area contributed by atoms with E-state index in [9.17, 15) is 0 Å². The molecule has 0 fully saturated rings. The summed E-state index contributed by atoms with van der Waals surface area (Å²) in [6.07, 6.45) is 0. The SMILES string of the molecule is Cl.[NH2-].[NH2-].[NH2-].[NH2-].[NH2-].[NH2-].[Pt]. The zero-order valence-electron chi connectivity index (χ0n) is 4.19. The second-order valence-corrected chi connectivity index (χ2v) is 0. The van der Waals surface area contributed by atoms with Crippen LogP contribution in [-0.2, 0) is 21.1 Å². The molecule has 0 rings (SSSR count). The maximum absolute atomic E-state index is 0. The van der Waals surface area contributed by atoms with Gasteiger partial charge in [-0.1, -0.05) is 0 Å². The summed E-state index contributed by atoms with van der Waals surface area (Å²) < 4.78 is 0. The number of rotatable bonds is 0. The summed E-state index contributed by atoms with van der Waals surface area (Å²) in [5.74, 6) is 0. The quantitative estimate of drug-likeness (QED) is 0.592. The molecule has 0 spiro atoms. The Bertz CT molecular complexity index is 8.49. The number of halogens is 1. The normalized spacial score (nSPS) is 0. The molecule has 6 nitrogen and oxygen atoms in total. The van der Waals surface area contributed by atoms with E-state index in [-0.39, 0.29) is 70.4 Å². The molecule has 12 N–H and O–H groups in total. The molecule has 0 aliphatic heterocycles. The van der Waals surface area contributed by atoms with Crippen LogP contribution in [0.3, 0.4) is 0 Å². The van der Waals surface area contributed by atoms with E-state index in [1.807, 2.05) is 0 Å². The van der Waals surface area contributed by atoms with Gasteiger partial charge in [0.15, 0.2) is 0 Å². The fourth-order valence-corrected chi connectivity index (χ4v) is 0. The number of nitrogens with two attached hydrogens (primary N) is 6. The Morgan fingerprint density at radius 1 is 0.375 bits per heavy atom. The van der Waals surface area contributed by atoms with Gasteiger partial charge in [0.25, 0.3) is 0 Å². The van der Waals surface area contributed by atoms with Crippen LogP contribution in [-0.4, -0.2) is 0 Å². The van der Waals surface area contributed by atoms with E-state index in [1.165, 1.54) is 0 Å². The molecule has 8 heteroatoms. The Morgan fingerprint density at radius 3 is 0.375 bits per heavy atom. The molecule has 0 atom stereocenters. The van der Waals surface area contributed by atoms with E-state index in [1.54, 1.807) is 0 Å². The van der Waals surface area contributed by atoms with Gasteiger partial charge in [-0.15, -0.1) is 12.4 Å². The van der Waals surface area contributed by atoms with Crippen LogP contribution in [0.4, 0.5) is 0 Å². The second kappa shape index (κ2) is 645. The fraction of sp³-hybridized carbons (Fsp3) is 0. The molecule has 0 amide bonds. The van der Waals surface area contributed by atoms with Gasteiger partial charge in [-0.3, -0.25) is 0 Å². The van der Waals surface area contributed by atoms with Gasteiger partial charge in [-0.25, -0.2) is 0 Å². The Balaban J connectivity index is 0. The zero-order chi connectivity index (χ0) is 0. The van der Waals surface area contributed by atoms with E-state index >= 15 is 0 Å². The monoisotopic (exact) mass is 327 g/mol. The van der Waals surface area contributed by atoms with Crippen molar-refractivity contribution < 1.29 is 21.1 Å². The third kappa shape index (κ3) is 407. The van der Waals surface area contributed by atoms with E-state index in [4.69, 9.17) is 0 Å². The molecule has 0 unspecified atom stereocenters. The van der Waals surface area contributed by atoms with Crippen LogP contribution in [0.1, 0.15) is 0 Å². The summed E-state index contributed by atoms with van der Waals surface area (Å²) >= 11 is 0. The summed E-state index contributed by atoms with van der Waals surface area (Å²) in [6.45, 7) is 0. The summed E-state index contributed by atoms with van der Waals surface area (Å²) in [5, 5.41) is 0. The smallest absolute Gasteiger partial charge is 0 e. The molecular formula is H13ClN6Pt-6.